The molecule has 0 aliphatic carbocycles. The monoisotopic (exact) mass is 461 g/mol. The highest BCUT2D eigenvalue weighted by molar-refractivity contribution is 7.91. The fourth-order valence-electron chi connectivity index (χ4n) is 2.58. The number of methoxy groups -OCH3 is 2. The van der Waals surface area contributed by atoms with Gasteiger partial charge in [-0.25, -0.2) is 14.4 Å². The highest BCUT2D eigenvalue weighted by Crippen LogP contribution is 2.31. The Kier molecular flexibility index (Phi) is 8.86. The second-order valence-electron chi connectivity index (χ2n) is 6.02. The van der Waals surface area contributed by atoms with Crippen LogP contribution in [0.4, 0.5) is 25.8 Å². The molecule has 0 fully saturated rings. The van der Waals surface area contributed by atoms with Crippen LogP contribution in [0.25, 0.3) is 0 Å². The van der Waals surface area contributed by atoms with Crippen LogP contribution in [0.15, 0.2) is 63.3 Å². The number of benzene rings is 2. The van der Waals surface area contributed by atoms with Crippen molar-refractivity contribution in [1.82, 2.24) is 5.32 Å². The number of hydrogen-bond acceptors (Lipinski definition) is 6. The van der Waals surface area contributed by atoms with Gasteiger partial charge in [0.25, 0.3) is 0 Å². The molecular formula is C20H23N5O6S. The molecule has 0 spiro atoms. The van der Waals surface area contributed by atoms with E-state index in [1.807, 2.05) is 6.07 Å². The van der Waals surface area contributed by atoms with Crippen LogP contribution in [0.1, 0.15) is 6.92 Å². The zero-order valence-corrected chi connectivity index (χ0v) is 18.5. The summed E-state index contributed by atoms with van der Waals surface area (Å²) in [5.41, 5.74) is 6.01. The third-order valence-corrected chi connectivity index (χ3v) is 5.43. The van der Waals surface area contributed by atoms with Gasteiger partial charge in [0.1, 0.15) is 0 Å². The molecular weight excluding hydrogens is 438 g/mol. The second kappa shape index (κ2) is 11.6. The molecule has 2 aromatic carbocycles. The molecule has 0 heterocycles. The van der Waals surface area contributed by atoms with E-state index in [2.05, 4.69) is 25.1 Å². The van der Waals surface area contributed by atoms with Crippen LogP contribution in [-0.2, 0) is 20.6 Å². The molecule has 32 heavy (non-hydrogen) atoms. The Hall–Kier alpha value is -3.77. The Morgan fingerprint density at radius 1 is 1.09 bits per heavy atom. The maximum atomic E-state index is 13.0. The van der Waals surface area contributed by atoms with Crippen molar-refractivity contribution in [2.45, 2.75) is 16.7 Å². The van der Waals surface area contributed by atoms with Gasteiger partial charge < -0.3 is 25.1 Å². The number of rotatable bonds is 5. The minimum Gasteiger partial charge on any atom is -0.606 e. The number of carbonyl (C=O) groups excluding carboxylic acids is 3. The van der Waals surface area contributed by atoms with Crippen molar-refractivity contribution in [3.8, 4) is 0 Å². The molecule has 4 N–H and O–H groups in total. The van der Waals surface area contributed by atoms with E-state index in [1.165, 1.54) is 17.0 Å². The lowest BCUT2D eigenvalue weighted by molar-refractivity contribution is 0.176. The van der Waals surface area contributed by atoms with Crippen molar-refractivity contribution in [2.75, 3.05) is 31.0 Å². The first-order valence-electron chi connectivity index (χ1n) is 9.27. The molecule has 11 nitrogen and oxygen atoms in total. The van der Waals surface area contributed by atoms with Gasteiger partial charge in [0.2, 0.25) is 5.96 Å². The second-order valence-corrected chi connectivity index (χ2v) is 7.50. The summed E-state index contributed by atoms with van der Waals surface area (Å²) in [6, 6.07) is 12.6. The molecule has 1 unspecified atom stereocenters. The van der Waals surface area contributed by atoms with E-state index in [4.69, 9.17) is 5.73 Å². The van der Waals surface area contributed by atoms with Crippen molar-refractivity contribution >= 4 is 46.7 Å². The number of aliphatic imine (C=N–C) groups is 1. The number of nitrogens with one attached hydrogen (secondary N) is 2. The summed E-state index contributed by atoms with van der Waals surface area (Å²) in [5, 5.41) is 4.98. The predicted octanol–water partition coefficient (Wildman–Crippen LogP) is 2.65. The highest BCUT2D eigenvalue weighted by Gasteiger charge is 2.22. The van der Waals surface area contributed by atoms with E-state index < -0.39 is 29.4 Å². The first-order chi connectivity index (χ1) is 15.3. The number of primary amides is 1. The number of alkyl carbamates (subject to hydrolysis) is 1. The van der Waals surface area contributed by atoms with E-state index in [0.717, 1.165) is 14.2 Å². The van der Waals surface area contributed by atoms with Crippen LogP contribution in [0.2, 0.25) is 0 Å². The van der Waals surface area contributed by atoms with E-state index in [-0.39, 0.29) is 23.9 Å². The minimum absolute atomic E-state index is 0.194. The van der Waals surface area contributed by atoms with Crippen LogP contribution < -0.4 is 21.3 Å². The first kappa shape index (κ1) is 24.5. The van der Waals surface area contributed by atoms with Gasteiger partial charge in [-0.2, -0.15) is 0 Å². The number of amides is 4. The van der Waals surface area contributed by atoms with Gasteiger partial charge in [0.05, 0.1) is 25.6 Å². The van der Waals surface area contributed by atoms with E-state index in [9.17, 15) is 18.9 Å². The molecule has 0 aromatic heterocycles. The topological polar surface area (TPSA) is 158 Å². The van der Waals surface area contributed by atoms with Gasteiger partial charge in [0.15, 0.2) is 9.79 Å². The standard InChI is InChI=1S/C20H23N5O6S/c1-4-25(17(21)26)16-12-14(32(29)13-8-6-5-7-9-13)10-11-15(16)22-18(23-19(27)30-2)24-20(28)31-3/h5-12H,4H2,1-3H3,(H2,21,26)(H2,22,23,24,27,28). The largest absolute Gasteiger partial charge is 0.606 e. The zero-order chi connectivity index (χ0) is 23.7. The van der Waals surface area contributed by atoms with Gasteiger partial charge in [-0.1, -0.05) is 18.2 Å². The summed E-state index contributed by atoms with van der Waals surface area (Å²) in [6.07, 6.45) is -1.89. The van der Waals surface area contributed by atoms with Crippen LogP contribution in [0.3, 0.4) is 0 Å². The quantitative estimate of drug-likeness (QED) is 0.351. The summed E-state index contributed by atoms with van der Waals surface area (Å²) in [4.78, 5) is 41.0. The van der Waals surface area contributed by atoms with Gasteiger partial charge in [-0.15, -0.1) is 4.99 Å². The molecule has 0 radical (unpaired) electrons. The third-order valence-electron chi connectivity index (χ3n) is 4.05. The van der Waals surface area contributed by atoms with Crippen molar-refractivity contribution in [1.29, 1.82) is 0 Å². The Bertz CT molecular complexity index is 1000. The van der Waals surface area contributed by atoms with Crippen LogP contribution >= 0.6 is 0 Å². The van der Waals surface area contributed by atoms with Crippen molar-refractivity contribution in [2.24, 2.45) is 10.7 Å². The number of ether oxygens (including phenoxy) is 2. The third kappa shape index (κ3) is 6.36. The van der Waals surface area contributed by atoms with E-state index in [0.29, 0.717) is 9.79 Å². The molecule has 2 rings (SSSR count). The number of guanidine groups is 1. The molecule has 4 amide bonds. The molecule has 0 saturated heterocycles. The maximum Gasteiger partial charge on any atom is 0.436 e. The van der Waals surface area contributed by atoms with Gasteiger partial charge in [-0.05, 0) is 31.2 Å². The number of hydrogen-bond donors (Lipinski definition) is 3. The van der Waals surface area contributed by atoms with Crippen LogP contribution in [-0.4, -0.2) is 49.5 Å². The lowest BCUT2D eigenvalue weighted by atomic mass is 10.2. The molecule has 0 aliphatic rings. The van der Waals surface area contributed by atoms with Crippen LogP contribution in [0, 0.1) is 0 Å². The van der Waals surface area contributed by atoms with Crippen molar-refractivity contribution in [3.63, 3.8) is 0 Å². The van der Waals surface area contributed by atoms with Crippen LogP contribution in [0.5, 0.6) is 0 Å². The molecule has 0 bridgehead atoms. The summed E-state index contributed by atoms with van der Waals surface area (Å²) in [7, 11) is 2.25. The molecule has 12 heteroatoms. The number of nitrogens with zero attached hydrogens (tertiary/aromatic N) is 2. The summed E-state index contributed by atoms with van der Waals surface area (Å²) in [5.74, 6) is -0.317. The van der Waals surface area contributed by atoms with Gasteiger partial charge in [-0.3, -0.25) is 10.2 Å². The SMILES string of the molecule is CCN(C(N)=O)c1cc([S+]([O-])c2ccccc2)ccc1NC(=NC(=O)OC)NC(=O)OC. The lowest BCUT2D eigenvalue weighted by Gasteiger charge is -2.23. The van der Waals surface area contributed by atoms with Gasteiger partial charge in [0, 0.05) is 23.8 Å². The Morgan fingerprint density at radius 2 is 1.78 bits per heavy atom. The first-order valence-corrected chi connectivity index (χ1v) is 10.4. The number of carbonyl (C=O) groups is 3. The van der Waals surface area contributed by atoms with Crippen molar-refractivity contribution in [3.05, 3.63) is 48.5 Å². The highest BCUT2D eigenvalue weighted by atomic mass is 32.2. The number of nitrogens with two attached hydrogens (primary N) is 1. The van der Waals surface area contributed by atoms with E-state index >= 15 is 0 Å². The molecule has 1 atom stereocenters. The zero-order valence-electron chi connectivity index (χ0n) is 17.7. The Balaban J connectivity index is 2.52. The maximum absolute atomic E-state index is 13.0. The summed E-state index contributed by atoms with van der Waals surface area (Å²) in [6.45, 7) is 1.89. The minimum atomic E-state index is -1.53. The summed E-state index contributed by atoms with van der Waals surface area (Å²) < 4.78 is 22.0. The van der Waals surface area contributed by atoms with Crippen molar-refractivity contribution < 1.29 is 28.4 Å². The molecule has 2 aromatic rings. The molecule has 170 valence electrons. The average molecular weight is 462 g/mol. The number of anilines is 2. The molecule has 0 aliphatic heterocycles. The smallest absolute Gasteiger partial charge is 0.436 e. The fraction of sp³-hybridized carbons (Fsp3) is 0.200. The fourth-order valence-corrected chi connectivity index (χ4v) is 3.67. The Labute approximate surface area is 187 Å². The average Bonchev–Trinajstić information content (AvgIpc) is 2.80. The van der Waals surface area contributed by atoms with Gasteiger partial charge >= 0.3 is 18.2 Å². The Morgan fingerprint density at radius 3 is 2.34 bits per heavy atom. The lowest BCUT2D eigenvalue weighted by Crippen LogP contribution is -2.39. The normalized spacial score (nSPS) is 11.8. The van der Waals surface area contributed by atoms with E-state index in [1.54, 1.807) is 37.3 Å². The molecule has 0 saturated carbocycles. The predicted molar refractivity (Wildman–Crippen MR) is 119 cm³/mol. The summed E-state index contributed by atoms with van der Waals surface area (Å²) >= 11 is -1.53. The number of urea groups is 1.